The second kappa shape index (κ2) is 7.09. The van der Waals surface area contributed by atoms with E-state index in [1.165, 1.54) is 23.5 Å². The standard InChI is InChI=1S/C8H10N2S2/c1-4-11-7(6-9)8(10-3)12-5-2/h4-5H2,1-2H3/b8-7+. The van der Waals surface area contributed by atoms with Crippen molar-refractivity contribution < 1.29 is 0 Å². The highest BCUT2D eigenvalue weighted by atomic mass is 32.2. The van der Waals surface area contributed by atoms with Crippen LogP contribution in [0.25, 0.3) is 4.85 Å². The molecule has 64 valence electrons. The van der Waals surface area contributed by atoms with Crippen LogP contribution in [0.1, 0.15) is 13.8 Å². The Kier molecular flexibility index (Phi) is 6.75. The van der Waals surface area contributed by atoms with Crippen LogP contribution in [0.4, 0.5) is 0 Å². The van der Waals surface area contributed by atoms with Gasteiger partial charge in [-0.3, -0.25) is 0 Å². The highest BCUT2D eigenvalue weighted by Crippen LogP contribution is 2.27. The van der Waals surface area contributed by atoms with E-state index in [1.54, 1.807) is 0 Å². The topological polar surface area (TPSA) is 28.1 Å². The zero-order valence-electron chi connectivity index (χ0n) is 7.13. The number of allylic oxidation sites excluding steroid dienone is 1. The molecule has 0 rings (SSSR count). The Hall–Kier alpha value is -0.580. The molecule has 0 radical (unpaired) electrons. The van der Waals surface area contributed by atoms with Crippen molar-refractivity contribution >= 4 is 23.5 Å². The summed E-state index contributed by atoms with van der Waals surface area (Å²) >= 11 is 2.86. The van der Waals surface area contributed by atoms with E-state index in [0.29, 0.717) is 9.93 Å². The number of thioether (sulfide) groups is 2. The van der Waals surface area contributed by atoms with Gasteiger partial charge in [-0.1, -0.05) is 13.8 Å². The molecule has 0 heterocycles. The maximum absolute atomic E-state index is 8.70. The maximum Gasteiger partial charge on any atom is 0.244 e. The fraction of sp³-hybridized carbons (Fsp3) is 0.500. The minimum atomic E-state index is 0.534. The van der Waals surface area contributed by atoms with Gasteiger partial charge < -0.3 is 0 Å². The molecule has 0 atom stereocenters. The van der Waals surface area contributed by atoms with Crippen molar-refractivity contribution in [1.82, 2.24) is 0 Å². The molecule has 0 aliphatic heterocycles. The Morgan fingerprint density at radius 2 is 2.00 bits per heavy atom. The summed E-state index contributed by atoms with van der Waals surface area (Å²) < 4.78 is 0. The molecule has 12 heavy (non-hydrogen) atoms. The van der Waals surface area contributed by atoms with Gasteiger partial charge in [0.1, 0.15) is 0 Å². The lowest BCUT2D eigenvalue weighted by molar-refractivity contribution is 1.50. The van der Waals surface area contributed by atoms with E-state index in [2.05, 4.69) is 4.85 Å². The predicted octanol–water partition coefficient (Wildman–Crippen LogP) is 3.10. The molecule has 4 heteroatoms. The SMILES string of the molecule is [C-]#[N+]/C(SCC)=C(/C#N)SCC. The zero-order chi connectivity index (χ0) is 9.40. The van der Waals surface area contributed by atoms with Gasteiger partial charge in [0.05, 0.1) is 17.5 Å². The van der Waals surface area contributed by atoms with Crippen molar-refractivity contribution in [2.24, 2.45) is 0 Å². The van der Waals surface area contributed by atoms with Gasteiger partial charge in [-0.15, -0.1) is 23.5 Å². The predicted molar refractivity (Wildman–Crippen MR) is 55.5 cm³/mol. The normalized spacial score (nSPS) is 11.3. The Bertz CT molecular complexity index is 219. The fourth-order valence-corrected chi connectivity index (χ4v) is 1.96. The van der Waals surface area contributed by atoms with Crippen LogP contribution in [-0.4, -0.2) is 11.5 Å². The second-order valence-electron chi connectivity index (χ2n) is 1.72. The van der Waals surface area contributed by atoms with E-state index in [9.17, 15) is 0 Å². The van der Waals surface area contributed by atoms with Gasteiger partial charge in [0.15, 0.2) is 0 Å². The summed E-state index contributed by atoms with van der Waals surface area (Å²) in [7, 11) is 0. The average molecular weight is 198 g/mol. The molecule has 0 aromatic carbocycles. The maximum atomic E-state index is 8.70. The number of hydrogen-bond acceptors (Lipinski definition) is 3. The van der Waals surface area contributed by atoms with Crippen molar-refractivity contribution in [3.05, 3.63) is 21.4 Å². The second-order valence-corrected chi connectivity index (χ2v) is 4.25. The molecule has 0 aliphatic carbocycles. The first kappa shape index (κ1) is 11.4. The molecule has 2 nitrogen and oxygen atoms in total. The van der Waals surface area contributed by atoms with Gasteiger partial charge in [0, 0.05) is 0 Å². The molecular weight excluding hydrogens is 188 g/mol. The van der Waals surface area contributed by atoms with Crippen molar-refractivity contribution in [2.75, 3.05) is 11.5 Å². The molecule has 0 aliphatic rings. The first-order valence-electron chi connectivity index (χ1n) is 3.57. The molecule has 0 N–H and O–H groups in total. The third-order valence-electron chi connectivity index (χ3n) is 0.967. The third kappa shape index (κ3) is 3.71. The fourth-order valence-electron chi connectivity index (χ4n) is 0.571. The Balaban J connectivity index is 4.56. The van der Waals surface area contributed by atoms with Gasteiger partial charge in [-0.25, -0.2) is 4.85 Å². The summed E-state index contributed by atoms with van der Waals surface area (Å²) in [6, 6.07) is 2.05. The molecule has 0 aromatic heterocycles. The minimum Gasteiger partial charge on any atom is -0.229 e. The van der Waals surface area contributed by atoms with Crippen LogP contribution >= 0.6 is 23.5 Å². The van der Waals surface area contributed by atoms with Gasteiger partial charge in [-0.2, -0.15) is 5.26 Å². The van der Waals surface area contributed by atoms with E-state index < -0.39 is 0 Å². The lowest BCUT2D eigenvalue weighted by atomic mass is 10.7. The van der Waals surface area contributed by atoms with E-state index in [1.807, 2.05) is 19.9 Å². The summed E-state index contributed by atoms with van der Waals surface area (Å²) in [5.41, 5.74) is 0. The van der Waals surface area contributed by atoms with Gasteiger partial charge in [0.2, 0.25) is 5.03 Å². The molecule has 0 amide bonds. The Morgan fingerprint density at radius 3 is 2.33 bits per heavy atom. The molecule has 0 fully saturated rings. The van der Waals surface area contributed by atoms with Crippen LogP contribution in [0.5, 0.6) is 0 Å². The molecule has 0 unspecified atom stereocenters. The molecule has 0 aromatic rings. The number of nitrogens with zero attached hydrogens (tertiary/aromatic N) is 2. The average Bonchev–Trinajstić information content (AvgIpc) is 2.11. The van der Waals surface area contributed by atoms with Crippen LogP contribution < -0.4 is 0 Å². The summed E-state index contributed by atoms with van der Waals surface area (Å²) in [6.07, 6.45) is 0. The monoisotopic (exact) mass is 198 g/mol. The Morgan fingerprint density at radius 1 is 1.42 bits per heavy atom. The van der Waals surface area contributed by atoms with Crippen molar-refractivity contribution in [1.29, 1.82) is 5.26 Å². The quantitative estimate of drug-likeness (QED) is 0.513. The highest BCUT2D eigenvalue weighted by Gasteiger charge is 2.05. The lowest BCUT2D eigenvalue weighted by Gasteiger charge is -1.98. The first-order chi connectivity index (χ1) is 5.79. The largest absolute Gasteiger partial charge is 0.244 e. The number of rotatable bonds is 4. The minimum absolute atomic E-state index is 0.534. The van der Waals surface area contributed by atoms with Crippen molar-refractivity contribution in [3.8, 4) is 6.07 Å². The van der Waals surface area contributed by atoms with Gasteiger partial charge in [-0.05, 0) is 11.5 Å². The van der Waals surface area contributed by atoms with Crippen LogP contribution in [0.15, 0.2) is 9.93 Å². The van der Waals surface area contributed by atoms with Crippen LogP contribution in [0.3, 0.4) is 0 Å². The summed E-state index contributed by atoms with van der Waals surface area (Å²) in [5, 5.41) is 9.23. The lowest BCUT2D eigenvalue weighted by Crippen LogP contribution is -1.79. The smallest absolute Gasteiger partial charge is 0.229 e. The highest BCUT2D eigenvalue weighted by molar-refractivity contribution is 8.07. The molecule has 0 saturated heterocycles. The third-order valence-corrected chi connectivity index (χ3v) is 2.82. The van der Waals surface area contributed by atoms with Crippen LogP contribution in [0, 0.1) is 17.9 Å². The van der Waals surface area contributed by atoms with Gasteiger partial charge in [0.25, 0.3) is 0 Å². The zero-order valence-corrected chi connectivity index (χ0v) is 8.76. The van der Waals surface area contributed by atoms with Gasteiger partial charge >= 0.3 is 0 Å². The summed E-state index contributed by atoms with van der Waals surface area (Å²) in [4.78, 5) is 3.87. The number of nitriles is 1. The van der Waals surface area contributed by atoms with Crippen LogP contribution in [-0.2, 0) is 0 Å². The van der Waals surface area contributed by atoms with E-state index in [4.69, 9.17) is 11.8 Å². The molecular formula is C8H10N2S2. The molecule has 0 spiro atoms. The van der Waals surface area contributed by atoms with Crippen molar-refractivity contribution in [2.45, 2.75) is 13.8 Å². The molecule has 0 saturated carbocycles. The summed E-state index contributed by atoms with van der Waals surface area (Å²) in [6.45, 7) is 10.8. The van der Waals surface area contributed by atoms with E-state index >= 15 is 0 Å². The Labute approximate surface area is 81.8 Å². The van der Waals surface area contributed by atoms with Crippen molar-refractivity contribution in [3.63, 3.8) is 0 Å². The van der Waals surface area contributed by atoms with Crippen LogP contribution in [0.2, 0.25) is 0 Å². The van der Waals surface area contributed by atoms with E-state index in [-0.39, 0.29) is 0 Å². The summed E-state index contributed by atoms with van der Waals surface area (Å²) in [5.74, 6) is 1.68. The molecule has 0 bridgehead atoms. The first-order valence-corrected chi connectivity index (χ1v) is 5.54. The van der Waals surface area contributed by atoms with E-state index in [0.717, 1.165) is 11.5 Å². The number of hydrogen-bond donors (Lipinski definition) is 0.